The van der Waals surface area contributed by atoms with Crippen LogP contribution in [0.25, 0.3) is 0 Å². The molecular formula is C29H43N3O2. The number of nitrogens with zero attached hydrogens (tertiary/aromatic N) is 2. The van der Waals surface area contributed by atoms with Gasteiger partial charge in [0.15, 0.2) is 0 Å². The van der Waals surface area contributed by atoms with Gasteiger partial charge in [0, 0.05) is 44.5 Å². The molecule has 0 fully saturated rings. The van der Waals surface area contributed by atoms with E-state index in [4.69, 9.17) is 0 Å². The van der Waals surface area contributed by atoms with Gasteiger partial charge in [-0.1, -0.05) is 65.0 Å². The van der Waals surface area contributed by atoms with Gasteiger partial charge in [0.25, 0.3) is 0 Å². The summed E-state index contributed by atoms with van der Waals surface area (Å²) in [5.41, 5.74) is 3.89. The number of hydrogen-bond acceptors (Lipinski definition) is 3. The van der Waals surface area contributed by atoms with Gasteiger partial charge in [0.2, 0.25) is 11.8 Å². The molecule has 2 amide bonds. The van der Waals surface area contributed by atoms with E-state index in [1.165, 1.54) is 0 Å². The zero-order chi connectivity index (χ0) is 25.4. The van der Waals surface area contributed by atoms with E-state index in [0.717, 1.165) is 28.9 Å². The van der Waals surface area contributed by atoms with Crippen LogP contribution in [0, 0.1) is 11.8 Å². The number of amides is 2. The van der Waals surface area contributed by atoms with Gasteiger partial charge in [0.1, 0.15) is 0 Å². The molecule has 0 heterocycles. The highest BCUT2D eigenvalue weighted by atomic mass is 16.2. The second-order valence-electron chi connectivity index (χ2n) is 10.2. The van der Waals surface area contributed by atoms with Gasteiger partial charge < -0.3 is 15.1 Å². The van der Waals surface area contributed by atoms with Crippen LogP contribution in [0.4, 0.5) is 11.4 Å². The summed E-state index contributed by atoms with van der Waals surface area (Å²) in [7, 11) is 4.01. The Kier molecular flexibility index (Phi) is 10.2. The minimum Gasteiger partial charge on any atom is -0.377 e. The van der Waals surface area contributed by atoms with Gasteiger partial charge >= 0.3 is 0 Å². The molecule has 1 N–H and O–H groups in total. The number of benzene rings is 2. The maximum absolute atomic E-state index is 13.9. The number of anilines is 2. The third-order valence-corrected chi connectivity index (χ3v) is 6.43. The van der Waals surface area contributed by atoms with Crippen molar-refractivity contribution in [1.82, 2.24) is 4.90 Å². The summed E-state index contributed by atoms with van der Waals surface area (Å²) in [5.74, 6) is 0.587. The summed E-state index contributed by atoms with van der Waals surface area (Å²) in [4.78, 5) is 30.4. The quantitative estimate of drug-likeness (QED) is 0.423. The van der Waals surface area contributed by atoms with E-state index in [1.54, 1.807) is 0 Å². The molecule has 2 rings (SSSR count). The lowest BCUT2D eigenvalue weighted by Gasteiger charge is -2.36. The fourth-order valence-electron chi connectivity index (χ4n) is 4.21. The van der Waals surface area contributed by atoms with E-state index in [1.807, 2.05) is 81.4 Å². The van der Waals surface area contributed by atoms with Crippen molar-refractivity contribution in [2.75, 3.05) is 24.3 Å². The van der Waals surface area contributed by atoms with Crippen LogP contribution in [0.15, 0.2) is 48.5 Å². The van der Waals surface area contributed by atoms with Crippen molar-refractivity contribution < 1.29 is 9.59 Å². The van der Waals surface area contributed by atoms with Crippen LogP contribution in [0.2, 0.25) is 0 Å². The Bertz CT molecular complexity index is 938. The molecule has 5 heteroatoms. The highest BCUT2D eigenvalue weighted by Gasteiger charge is 2.30. The Morgan fingerprint density at radius 2 is 1.59 bits per heavy atom. The smallest absolute Gasteiger partial charge is 0.230 e. The van der Waals surface area contributed by atoms with Crippen molar-refractivity contribution in [3.63, 3.8) is 0 Å². The zero-order valence-corrected chi connectivity index (χ0v) is 22.3. The summed E-state index contributed by atoms with van der Waals surface area (Å²) in [6, 6.07) is 16.1. The molecular weight excluding hydrogens is 422 g/mol. The van der Waals surface area contributed by atoms with Gasteiger partial charge in [-0.25, -0.2) is 0 Å². The van der Waals surface area contributed by atoms with Crippen molar-refractivity contribution in [3.05, 3.63) is 59.7 Å². The van der Waals surface area contributed by atoms with E-state index < -0.39 is 0 Å². The van der Waals surface area contributed by atoms with Gasteiger partial charge in [-0.15, -0.1) is 0 Å². The molecule has 0 aromatic heterocycles. The van der Waals surface area contributed by atoms with Crippen molar-refractivity contribution in [2.24, 2.45) is 11.8 Å². The summed E-state index contributed by atoms with van der Waals surface area (Å²) in [6.07, 6.45) is 1.23. The Morgan fingerprint density at radius 1 is 0.941 bits per heavy atom. The van der Waals surface area contributed by atoms with Crippen LogP contribution in [0.5, 0.6) is 0 Å². The third kappa shape index (κ3) is 7.34. The fourth-order valence-corrected chi connectivity index (χ4v) is 4.21. The van der Waals surface area contributed by atoms with Gasteiger partial charge in [0.05, 0.1) is 5.92 Å². The molecule has 2 aromatic carbocycles. The fraction of sp³-hybridized carbons (Fsp3) is 0.517. The molecule has 0 unspecified atom stereocenters. The van der Waals surface area contributed by atoms with E-state index in [0.29, 0.717) is 24.8 Å². The Morgan fingerprint density at radius 3 is 2.12 bits per heavy atom. The summed E-state index contributed by atoms with van der Waals surface area (Å²) in [5, 5.41) is 3.03. The third-order valence-electron chi connectivity index (χ3n) is 6.43. The molecule has 34 heavy (non-hydrogen) atoms. The highest BCUT2D eigenvalue weighted by molar-refractivity contribution is 5.91. The van der Waals surface area contributed by atoms with Gasteiger partial charge in [-0.3, -0.25) is 9.59 Å². The van der Waals surface area contributed by atoms with Crippen LogP contribution < -0.4 is 10.2 Å². The largest absolute Gasteiger partial charge is 0.377 e. The first kappa shape index (κ1) is 27.4. The molecule has 2 atom stereocenters. The van der Waals surface area contributed by atoms with Crippen LogP contribution >= 0.6 is 0 Å². The summed E-state index contributed by atoms with van der Waals surface area (Å²) < 4.78 is 0. The molecule has 0 aliphatic carbocycles. The molecule has 2 aromatic rings. The number of hydrogen-bond donors (Lipinski definition) is 1. The van der Waals surface area contributed by atoms with E-state index in [9.17, 15) is 9.59 Å². The van der Waals surface area contributed by atoms with Crippen molar-refractivity contribution in [3.8, 4) is 0 Å². The number of nitrogens with one attached hydrogen (secondary N) is 1. The summed E-state index contributed by atoms with van der Waals surface area (Å²) in [6.45, 7) is 13.1. The number of rotatable bonds is 11. The SMILES string of the molecule is CC[C@H](C(=O)N(Cc1cc(NC(=O)CC(C)C)ccc1N(C)C)[C@H](C)C(C)C)c1ccccc1. The predicted molar refractivity (Wildman–Crippen MR) is 143 cm³/mol. The topological polar surface area (TPSA) is 52.7 Å². The van der Waals surface area contributed by atoms with Crippen LogP contribution in [0.3, 0.4) is 0 Å². The van der Waals surface area contributed by atoms with Gasteiger partial charge in [-0.05, 0) is 54.5 Å². The van der Waals surface area contributed by atoms with Crippen molar-refractivity contribution in [2.45, 2.75) is 72.9 Å². The lowest BCUT2D eigenvalue weighted by molar-refractivity contribution is -0.136. The first-order valence-corrected chi connectivity index (χ1v) is 12.5. The highest BCUT2D eigenvalue weighted by Crippen LogP contribution is 2.30. The minimum atomic E-state index is -0.181. The second-order valence-corrected chi connectivity index (χ2v) is 10.2. The van der Waals surface area contributed by atoms with E-state index in [-0.39, 0.29) is 23.8 Å². The maximum atomic E-state index is 13.9. The average Bonchev–Trinajstić information content (AvgIpc) is 2.77. The Hall–Kier alpha value is -2.82. The molecule has 5 nitrogen and oxygen atoms in total. The number of carbonyl (C=O) groups is 2. The molecule has 0 spiro atoms. The van der Waals surface area contributed by atoms with E-state index >= 15 is 0 Å². The summed E-state index contributed by atoms with van der Waals surface area (Å²) >= 11 is 0. The van der Waals surface area contributed by atoms with Crippen LogP contribution in [-0.2, 0) is 16.1 Å². The van der Waals surface area contributed by atoms with Crippen LogP contribution in [-0.4, -0.2) is 36.9 Å². The monoisotopic (exact) mass is 465 g/mol. The molecule has 186 valence electrons. The standard InChI is InChI=1S/C29H43N3O2/c1-9-26(23-13-11-10-12-14-23)29(34)32(22(6)21(4)5)19-24-18-25(15-16-27(24)31(7)8)30-28(33)17-20(2)3/h10-16,18,20-22,26H,9,17,19H2,1-8H3,(H,30,33)/t22-,26+/m1/s1. The molecule has 0 saturated carbocycles. The Balaban J connectivity index is 2.44. The van der Waals surface area contributed by atoms with Crippen molar-refractivity contribution >= 4 is 23.2 Å². The number of carbonyl (C=O) groups excluding carboxylic acids is 2. The predicted octanol–water partition coefficient (Wildman–Crippen LogP) is 6.30. The zero-order valence-electron chi connectivity index (χ0n) is 22.3. The lowest BCUT2D eigenvalue weighted by atomic mass is 9.92. The average molecular weight is 466 g/mol. The first-order chi connectivity index (χ1) is 16.0. The minimum absolute atomic E-state index is 0.0113. The van der Waals surface area contributed by atoms with E-state index in [2.05, 4.69) is 37.9 Å². The molecule has 0 bridgehead atoms. The first-order valence-electron chi connectivity index (χ1n) is 12.5. The Labute approximate surface area is 206 Å². The molecule has 0 saturated heterocycles. The maximum Gasteiger partial charge on any atom is 0.230 e. The molecule has 0 aliphatic rings. The van der Waals surface area contributed by atoms with Gasteiger partial charge in [-0.2, -0.15) is 0 Å². The van der Waals surface area contributed by atoms with Crippen molar-refractivity contribution in [1.29, 1.82) is 0 Å². The second kappa shape index (κ2) is 12.6. The molecule has 0 radical (unpaired) electrons. The lowest BCUT2D eigenvalue weighted by Crippen LogP contribution is -2.43. The normalized spacial score (nSPS) is 13.0. The van der Waals surface area contributed by atoms with Crippen LogP contribution in [0.1, 0.15) is 71.4 Å². The molecule has 0 aliphatic heterocycles.